The van der Waals surface area contributed by atoms with Crippen LogP contribution in [-0.2, 0) is 24.3 Å². The van der Waals surface area contributed by atoms with Gasteiger partial charge in [-0.25, -0.2) is 19.2 Å². The Labute approximate surface area is 198 Å². The summed E-state index contributed by atoms with van der Waals surface area (Å²) in [4.78, 5) is 40.0. The van der Waals surface area contributed by atoms with Crippen LogP contribution in [0.15, 0.2) is 24.3 Å². The first-order valence-corrected chi connectivity index (χ1v) is 11.4. The quantitative estimate of drug-likeness (QED) is 0.417. The molecule has 5 heterocycles. The van der Waals surface area contributed by atoms with Crippen molar-refractivity contribution in [3.8, 4) is 28.5 Å². The van der Waals surface area contributed by atoms with Gasteiger partial charge in [-0.3, -0.25) is 9.89 Å². The lowest BCUT2D eigenvalue weighted by Crippen LogP contribution is -2.39. The van der Waals surface area contributed by atoms with E-state index in [1.54, 1.807) is 15.9 Å². The highest BCUT2D eigenvalue weighted by atomic mass is 19.1. The molecule has 1 fully saturated rings. The number of imidazole rings is 1. The first kappa shape index (κ1) is 21.3. The first-order valence-electron chi connectivity index (χ1n) is 11.4. The fourth-order valence-electron chi connectivity index (χ4n) is 4.75. The van der Waals surface area contributed by atoms with Crippen molar-refractivity contribution in [3.05, 3.63) is 47.0 Å². The Kier molecular flexibility index (Phi) is 4.80. The van der Waals surface area contributed by atoms with Crippen LogP contribution < -0.4 is 0 Å². The van der Waals surface area contributed by atoms with Crippen molar-refractivity contribution < 1.29 is 19.1 Å². The number of Topliss-reactive ketones (excluding diaryl/α,β-unsaturated/α-hetero) is 1. The van der Waals surface area contributed by atoms with Crippen molar-refractivity contribution >= 4 is 22.8 Å². The molecule has 0 bridgehead atoms. The lowest BCUT2D eigenvalue weighted by atomic mass is 10.0. The van der Waals surface area contributed by atoms with E-state index in [1.165, 1.54) is 12.1 Å². The van der Waals surface area contributed by atoms with Gasteiger partial charge in [0.2, 0.25) is 0 Å². The summed E-state index contributed by atoms with van der Waals surface area (Å²) in [5.41, 5.74) is 4.70. The van der Waals surface area contributed by atoms with Crippen LogP contribution in [0.5, 0.6) is 5.75 Å². The highest BCUT2D eigenvalue weighted by Crippen LogP contribution is 2.32. The Morgan fingerprint density at radius 1 is 1.17 bits per heavy atom. The SMILES string of the molecule is CCc1cc(O)c(F)cc1-c1ccc2c(-c3nc4c([nH]3)CN(C(=O)N3CCC(=O)C3)C4)[nH]nc2n1. The predicted octanol–water partition coefficient (Wildman–Crippen LogP) is 3.13. The Morgan fingerprint density at radius 3 is 2.77 bits per heavy atom. The average Bonchev–Trinajstić information content (AvgIpc) is 3.62. The Hall–Kier alpha value is -4.28. The minimum absolute atomic E-state index is 0.0841. The van der Waals surface area contributed by atoms with Crippen LogP contribution in [0.2, 0.25) is 0 Å². The molecule has 2 aliphatic rings. The van der Waals surface area contributed by atoms with Crippen LogP contribution in [0.4, 0.5) is 9.18 Å². The summed E-state index contributed by atoms with van der Waals surface area (Å²) in [7, 11) is 0. The number of pyridine rings is 1. The molecule has 0 unspecified atom stereocenters. The van der Waals surface area contributed by atoms with Crippen molar-refractivity contribution in [1.82, 2.24) is 34.9 Å². The molecule has 10 nitrogen and oxygen atoms in total. The smallest absolute Gasteiger partial charge is 0.321 e. The number of ketones is 1. The second kappa shape index (κ2) is 7.90. The average molecular weight is 475 g/mol. The number of hydrogen-bond acceptors (Lipinski definition) is 6. The number of nitrogens with zero attached hydrogens (tertiary/aromatic N) is 5. The maximum atomic E-state index is 14.0. The molecular formula is C24H22FN7O3. The van der Waals surface area contributed by atoms with Crippen LogP contribution in [0.1, 0.15) is 30.3 Å². The zero-order valence-electron chi connectivity index (χ0n) is 18.9. The fraction of sp³-hybridized carbons (Fsp3) is 0.292. The van der Waals surface area contributed by atoms with E-state index in [2.05, 4.69) is 25.1 Å². The van der Waals surface area contributed by atoms with E-state index in [0.29, 0.717) is 60.9 Å². The summed E-state index contributed by atoms with van der Waals surface area (Å²) in [6.07, 6.45) is 1.03. The van der Waals surface area contributed by atoms with E-state index in [-0.39, 0.29) is 24.1 Å². The minimum Gasteiger partial charge on any atom is -0.505 e. The molecule has 1 saturated heterocycles. The van der Waals surface area contributed by atoms with Gasteiger partial charge in [0, 0.05) is 23.9 Å². The van der Waals surface area contributed by atoms with Gasteiger partial charge in [0.05, 0.1) is 36.7 Å². The van der Waals surface area contributed by atoms with Crippen LogP contribution in [-0.4, -0.2) is 65.0 Å². The van der Waals surface area contributed by atoms with Gasteiger partial charge in [-0.15, -0.1) is 0 Å². The minimum atomic E-state index is -0.698. The number of phenols is 1. The molecule has 2 amide bonds. The third-order valence-electron chi connectivity index (χ3n) is 6.61. The van der Waals surface area contributed by atoms with Gasteiger partial charge in [0.25, 0.3) is 0 Å². The Morgan fingerprint density at radius 2 is 2.03 bits per heavy atom. The van der Waals surface area contributed by atoms with Crippen molar-refractivity contribution in [1.29, 1.82) is 0 Å². The van der Waals surface area contributed by atoms with Crippen molar-refractivity contribution in [3.63, 3.8) is 0 Å². The molecule has 0 atom stereocenters. The van der Waals surface area contributed by atoms with E-state index in [4.69, 9.17) is 0 Å². The van der Waals surface area contributed by atoms with Gasteiger partial charge in [-0.1, -0.05) is 6.92 Å². The second-order valence-electron chi connectivity index (χ2n) is 8.84. The number of amides is 2. The third-order valence-corrected chi connectivity index (χ3v) is 6.61. The van der Waals surface area contributed by atoms with E-state index in [0.717, 1.165) is 22.3 Å². The normalized spacial score (nSPS) is 15.4. The number of aryl methyl sites for hydroxylation is 1. The molecule has 11 heteroatoms. The number of aromatic hydroxyl groups is 1. The number of halogens is 1. The van der Waals surface area contributed by atoms with Crippen LogP contribution >= 0.6 is 0 Å². The highest BCUT2D eigenvalue weighted by molar-refractivity contribution is 5.91. The molecule has 3 aromatic heterocycles. The number of likely N-dealkylation sites (tertiary alicyclic amines) is 1. The molecule has 3 N–H and O–H groups in total. The van der Waals surface area contributed by atoms with Gasteiger partial charge in [0.1, 0.15) is 5.69 Å². The lowest BCUT2D eigenvalue weighted by molar-refractivity contribution is -0.116. The molecule has 178 valence electrons. The van der Waals surface area contributed by atoms with Gasteiger partial charge in [0.15, 0.2) is 28.8 Å². The number of urea groups is 1. The zero-order valence-corrected chi connectivity index (χ0v) is 18.9. The zero-order chi connectivity index (χ0) is 24.3. The van der Waals surface area contributed by atoms with Crippen molar-refractivity contribution in [2.24, 2.45) is 0 Å². The molecule has 35 heavy (non-hydrogen) atoms. The standard InChI is InChI=1S/C24H22FN7O3/c1-2-12-7-20(34)16(25)8-15(12)17-4-3-14-21(29-30-22(14)26-17)23-27-18-10-32(11-19(18)28-23)24(35)31-6-5-13(33)9-31/h3-4,7-8,34H,2,5-6,9-11H2,1H3,(H,27,28)(H,26,29,30). The summed E-state index contributed by atoms with van der Waals surface area (Å²) in [6.45, 7) is 3.33. The van der Waals surface area contributed by atoms with Gasteiger partial charge in [-0.05, 0) is 36.2 Å². The molecule has 6 rings (SSSR count). The molecule has 1 aromatic carbocycles. The number of benzene rings is 1. The molecular weight excluding hydrogens is 453 g/mol. The van der Waals surface area contributed by atoms with E-state index < -0.39 is 5.82 Å². The topological polar surface area (TPSA) is 131 Å². The number of carbonyl (C=O) groups is 2. The lowest BCUT2D eigenvalue weighted by Gasteiger charge is -2.22. The second-order valence-corrected chi connectivity index (χ2v) is 8.84. The van der Waals surface area contributed by atoms with E-state index >= 15 is 0 Å². The van der Waals surface area contributed by atoms with E-state index in [9.17, 15) is 19.1 Å². The summed E-state index contributed by atoms with van der Waals surface area (Å²) in [5.74, 6) is -0.397. The highest BCUT2D eigenvalue weighted by Gasteiger charge is 2.33. The number of fused-ring (bicyclic) bond motifs is 2. The molecule has 0 radical (unpaired) electrons. The number of nitrogens with one attached hydrogen (secondary N) is 2. The van der Waals surface area contributed by atoms with Crippen LogP contribution in [0.3, 0.4) is 0 Å². The molecule has 0 spiro atoms. The van der Waals surface area contributed by atoms with Gasteiger partial charge < -0.3 is 19.9 Å². The molecule has 0 saturated carbocycles. The Bertz CT molecular complexity index is 1490. The number of aromatic amines is 2. The predicted molar refractivity (Wildman–Crippen MR) is 124 cm³/mol. The maximum Gasteiger partial charge on any atom is 0.321 e. The first-order chi connectivity index (χ1) is 16.9. The third kappa shape index (κ3) is 3.50. The maximum absolute atomic E-state index is 14.0. The Balaban J connectivity index is 1.26. The fourth-order valence-corrected chi connectivity index (χ4v) is 4.75. The van der Waals surface area contributed by atoms with Crippen molar-refractivity contribution in [2.75, 3.05) is 13.1 Å². The summed E-state index contributed by atoms with van der Waals surface area (Å²) in [6, 6.07) is 6.21. The van der Waals surface area contributed by atoms with Crippen LogP contribution in [0, 0.1) is 5.82 Å². The van der Waals surface area contributed by atoms with Crippen LogP contribution in [0.25, 0.3) is 33.8 Å². The van der Waals surface area contributed by atoms with Crippen molar-refractivity contribution in [2.45, 2.75) is 32.9 Å². The number of H-pyrrole nitrogens is 2. The van der Waals surface area contributed by atoms with E-state index in [1.807, 2.05) is 13.0 Å². The largest absolute Gasteiger partial charge is 0.505 e. The number of phenolic OH excluding ortho intramolecular Hbond substituents is 1. The molecule has 4 aromatic rings. The summed E-state index contributed by atoms with van der Waals surface area (Å²) < 4.78 is 14.0. The molecule has 2 aliphatic heterocycles. The monoisotopic (exact) mass is 475 g/mol. The number of carbonyl (C=O) groups excluding carboxylic acids is 2. The number of aromatic nitrogens is 5. The molecule has 0 aliphatic carbocycles. The summed E-state index contributed by atoms with van der Waals surface area (Å²) >= 11 is 0. The van der Waals surface area contributed by atoms with Gasteiger partial charge >= 0.3 is 6.03 Å². The number of rotatable bonds is 3. The summed E-state index contributed by atoms with van der Waals surface area (Å²) in [5, 5.41) is 17.8. The number of hydrogen-bond donors (Lipinski definition) is 3. The van der Waals surface area contributed by atoms with Gasteiger partial charge in [-0.2, -0.15) is 5.10 Å².